The van der Waals surface area contributed by atoms with Crippen LogP contribution in [-0.2, 0) is 11.3 Å². The number of cyclic esters (lactones) is 1. The summed E-state index contributed by atoms with van der Waals surface area (Å²) in [7, 11) is 1.20. The molecule has 0 aromatic heterocycles. The highest BCUT2D eigenvalue weighted by atomic mass is 16.6. The lowest BCUT2D eigenvalue weighted by molar-refractivity contribution is 0.0531. The molecule has 1 aliphatic heterocycles. The second-order valence-electron chi connectivity index (χ2n) is 6.27. The second-order valence-corrected chi connectivity index (χ2v) is 6.27. The maximum Gasteiger partial charge on any atom is 0.347 e. The van der Waals surface area contributed by atoms with Gasteiger partial charge < -0.3 is 34.6 Å². The molecule has 152 valence electrons. The summed E-state index contributed by atoms with van der Waals surface area (Å²) in [6.07, 6.45) is 0. The number of carboxylic acids is 1. The highest BCUT2D eigenvalue weighted by molar-refractivity contribution is 6.04. The van der Waals surface area contributed by atoms with E-state index in [4.69, 9.17) is 14.2 Å². The van der Waals surface area contributed by atoms with Crippen molar-refractivity contribution in [2.45, 2.75) is 20.5 Å². The molecule has 0 radical (unpaired) electrons. The minimum absolute atomic E-state index is 0.0481. The molecule has 10 nitrogen and oxygen atoms in total. The molecular formula is C19H16O10. The van der Waals surface area contributed by atoms with E-state index in [0.29, 0.717) is 0 Å². The van der Waals surface area contributed by atoms with Crippen LogP contribution in [0.3, 0.4) is 0 Å². The molecule has 0 atom stereocenters. The Labute approximate surface area is 163 Å². The molecule has 0 unspecified atom stereocenters. The van der Waals surface area contributed by atoms with Crippen LogP contribution in [0.1, 0.15) is 47.8 Å². The third-order valence-corrected chi connectivity index (χ3v) is 4.58. The number of carbonyl (C=O) groups excluding carboxylic acids is 2. The topological polar surface area (TPSA) is 160 Å². The Balaban J connectivity index is 2.14. The van der Waals surface area contributed by atoms with Gasteiger partial charge in [-0.15, -0.1) is 0 Å². The first kappa shape index (κ1) is 19.8. The van der Waals surface area contributed by atoms with Crippen LogP contribution in [0, 0.1) is 13.8 Å². The number of aromatic hydroxyl groups is 3. The minimum Gasteiger partial charge on any atom is -0.507 e. The van der Waals surface area contributed by atoms with E-state index in [1.165, 1.54) is 27.0 Å². The molecule has 0 bridgehead atoms. The Morgan fingerprint density at radius 2 is 1.72 bits per heavy atom. The van der Waals surface area contributed by atoms with Crippen molar-refractivity contribution in [1.82, 2.24) is 0 Å². The largest absolute Gasteiger partial charge is 0.507 e. The normalized spacial score (nSPS) is 12.3. The number of phenols is 3. The van der Waals surface area contributed by atoms with Crippen LogP contribution < -0.4 is 9.47 Å². The van der Waals surface area contributed by atoms with Crippen LogP contribution in [-0.4, -0.2) is 45.4 Å². The first-order valence-electron chi connectivity index (χ1n) is 8.20. The summed E-state index contributed by atoms with van der Waals surface area (Å²) in [5.74, 6) is -6.14. The summed E-state index contributed by atoms with van der Waals surface area (Å²) < 4.78 is 15.0. The van der Waals surface area contributed by atoms with Gasteiger partial charge in [0.1, 0.15) is 40.5 Å². The molecule has 2 aromatic carbocycles. The molecule has 0 amide bonds. The van der Waals surface area contributed by atoms with Gasteiger partial charge in [-0.2, -0.15) is 0 Å². The number of carbonyl (C=O) groups is 3. The zero-order chi connectivity index (χ0) is 21.6. The van der Waals surface area contributed by atoms with Crippen LogP contribution >= 0.6 is 0 Å². The summed E-state index contributed by atoms with van der Waals surface area (Å²) in [4.78, 5) is 36.0. The molecule has 2 aromatic rings. The number of phenolic OH excluding ortho intramolecular Hbond substituents is 2. The van der Waals surface area contributed by atoms with Gasteiger partial charge in [-0.3, -0.25) is 0 Å². The fraction of sp³-hybridized carbons (Fsp3) is 0.211. The molecular weight excluding hydrogens is 388 g/mol. The van der Waals surface area contributed by atoms with E-state index in [2.05, 4.69) is 0 Å². The van der Waals surface area contributed by atoms with Gasteiger partial charge in [0.15, 0.2) is 11.5 Å². The second kappa shape index (κ2) is 6.89. The Kier molecular flexibility index (Phi) is 4.71. The fourth-order valence-electron chi connectivity index (χ4n) is 3.09. The highest BCUT2D eigenvalue weighted by Crippen LogP contribution is 2.46. The lowest BCUT2D eigenvalue weighted by atomic mass is 10.0. The van der Waals surface area contributed by atoms with Crippen LogP contribution in [0.4, 0.5) is 0 Å². The quantitative estimate of drug-likeness (QED) is 0.438. The number of carboxylic acid groups (broad SMARTS) is 1. The summed E-state index contributed by atoms with van der Waals surface area (Å²) in [5, 5.41) is 40.1. The standard InChI is InChI=1S/C19H16O10/c1-6-4-9(27-3)12(17(23)24)15(22)10(6)19(26)29-16-8-5-28-18(25)11(8)13(20)7(2)14(16)21/h4,20-22H,5H2,1-3H3,(H,23,24). The van der Waals surface area contributed by atoms with Crippen molar-refractivity contribution in [3.63, 3.8) is 0 Å². The number of aromatic carboxylic acids is 1. The summed E-state index contributed by atoms with van der Waals surface area (Å²) in [6.45, 7) is 2.36. The molecule has 10 heteroatoms. The molecule has 29 heavy (non-hydrogen) atoms. The number of esters is 2. The number of methoxy groups -OCH3 is 1. The van der Waals surface area contributed by atoms with Crippen LogP contribution in [0.25, 0.3) is 0 Å². The zero-order valence-electron chi connectivity index (χ0n) is 15.5. The third kappa shape index (κ3) is 2.94. The molecule has 3 rings (SSSR count). The number of hydrogen-bond acceptors (Lipinski definition) is 9. The first-order chi connectivity index (χ1) is 13.6. The SMILES string of the molecule is COc1cc(C)c(C(=O)Oc2c(O)c(C)c(O)c3c2COC3=O)c(O)c1C(=O)O. The molecule has 0 fully saturated rings. The van der Waals surface area contributed by atoms with Gasteiger partial charge >= 0.3 is 17.9 Å². The van der Waals surface area contributed by atoms with Crippen molar-refractivity contribution >= 4 is 17.9 Å². The predicted octanol–water partition coefficient (Wildman–Crippen LogP) is 2.02. The number of ether oxygens (including phenoxy) is 3. The first-order valence-corrected chi connectivity index (χ1v) is 8.20. The Bertz CT molecular complexity index is 1080. The van der Waals surface area contributed by atoms with E-state index in [0.717, 1.165) is 0 Å². The smallest absolute Gasteiger partial charge is 0.347 e. The van der Waals surface area contributed by atoms with Crippen molar-refractivity contribution in [3.05, 3.63) is 39.4 Å². The Morgan fingerprint density at radius 3 is 2.31 bits per heavy atom. The Morgan fingerprint density at radius 1 is 1.07 bits per heavy atom. The molecule has 4 N–H and O–H groups in total. The van der Waals surface area contributed by atoms with E-state index in [1.807, 2.05) is 0 Å². The van der Waals surface area contributed by atoms with E-state index >= 15 is 0 Å². The lowest BCUT2D eigenvalue weighted by Gasteiger charge is -2.16. The van der Waals surface area contributed by atoms with Crippen LogP contribution in [0.5, 0.6) is 28.7 Å². The predicted molar refractivity (Wildman–Crippen MR) is 94.9 cm³/mol. The number of fused-ring (bicyclic) bond motifs is 1. The molecule has 0 saturated heterocycles. The van der Waals surface area contributed by atoms with Gasteiger partial charge in [-0.25, -0.2) is 14.4 Å². The van der Waals surface area contributed by atoms with Crippen molar-refractivity contribution in [2.24, 2.45) is 0 Å². The van der Waals surface area contributed by atoms with Gasteiger partial charge in [0.05, 0.1) is 12.7 Å². The molecule has 0 saturated carbocycles. The van der Waals surface area contributed by atoms with Crippen LogP contribution in [0.15, 0.2) is 6.07 Å². The maximum atomic E-state index is 12.7. The van der Waals surface area contributed by atoms with Crippen molar-refractivity contribution in [3.8, 4) is 28.7 Å². The summed E-state index contributed by atoms with van der Waals surface area (Å²) in [5.41, 5.74) is -1.37. The number of benzene rings is 2. The van der Waals surface area contributed by atoms with Gasteiger partial charge in [-0.1, -0.05) is 0 Å². The van der Waals surface area contributed by atoms with E-state index in [1.54, 1.807) is 0 Å². The van der Waals surface area contributed by atoms with Crippen molar-refractivity contribution < 1.29 is 49.0 Å². The molecule has 0 spiro atoms. The number of aryl methyl sites for hydroxylation is 1. The maximum absolute atomic E-state index is 12.7. The van der Waals surface area contributed by atoms with Gasteiger partial charge in [0, 0.05) is 5.56 Å². The minimum atomic E-state index is -1.53. The van der Waals surface area contributed by atoms with Crippen LogP contribution in [0.2, 0.25) is 0 Å². The van der Waals surface area contributed by atoms with Gasteiger partial charge in [0.25, 0.3) is 0 Å². The molecule has 1 heterocycles. The average Bonchev–Trinajstić information content (AvgIpc) is 3.03. The van der Waals surface area contributed by atoms with Gasteiger partial charge in [-0.05, 0) is 25.5 Å². The zero-order valence-corrected chi connectivity index (χ0v) is 15.5. The fourth-order valence-corrected chi connectivity index (χ4v) is 3.09. The summed E-state index contributed by atoms with van der Waals surface area (Å²) >= 11 is 0. The molecule has 0 aliphatic carbocycles. The average molecular weight is 404 g/mol. The van der Waals surface area contributed by atoms with E-state index in [9.17, 15) is 34.8 Å². The highest BCUT2D eigenvalue weighted by Gasteiger charge is 2.35. The molecule has 1 aliphatic rings. The summed E-state index contributed by atoms with van der Waals surface area (Å²) in [6, 6.07) is 1.23. The van der Waals surface area contributed by atoms with E-state index < -0.39 is 52.0 Å². The number of hydrogen-bond donors (Lipinski definition) is 4. The van der Waals surface area contributed by atoms with E-state index in [-0.39, 0.29) is 34.6 Å². The monoisotopic (exact) mass is 404 g/mol. The van der Waals surface area contributed by atoms with Gasteiger partial charge in [0.2, 0.25) is 0 Å². The lowest BCUT2D eigenvalue weighted by Crippen LogP contribution is -2.15. The van der Waals surface area contributed by atoms with Crippen molar-refractivity contribution in [1.29, 1.82) is 0 Å². The number of rotatable bonds is 4. The third-order valence-electron chi connectivity index (χ3n) is 4.58. The Hall–Kier alpha value is -3.95. The van der Waals surface area contributed by atoms with Crippen molar-refractivity contribution in [2.75, 3.05) is 7.11 Å².